The molecule has 0 bridgehead atoms. The van der Waals surface area contributed by atoms with E-state index >= 15 is 0 Å². The molecule has 5 aromatic carbocycles. The van der Waals surface area contributed by atoms with Crippen LogP contribution in [0.1, 0.15) is 108 Å². The number of esters is 1. The zero-order valence-electron chi connectivity index (χ0n) is 42.8. The minimum atomic E-state index is -0.874. The van der Waals surface area contributed by atoms with Crippen molar-refractivity contribution < 1.29 is 43.1 Å². The van der Waals surface area contributed by atoms with Gasteiger partial charge in [-0.05, 0) is 82.0 Å². The van der Waals surface area contributed by atoms with E-state index in [-0.39, 0.29) is 52.9 Å². The van der Waals surface area contributed by atoms with Crippen molar-refractivity contribution in [3.63, 3.8) is 0 Å². The van der Waals surface area contributed by atoms with E-state index in [4.69, 9.17) is 33.2 Å². The molecule has 376 valence electrons. The van der Waals surface area contributed by atoms with Crippen LogP contribution >= 0.6 is 23.5 Å². The fraction of sp³-hybridized carbons (Fsp3) is 0.475. The maximum atomic E-state index is 11.6. The second kappa shape index (κ2) is 24.1. The molecular weight excluding hydrogens is 917 g/mol. The molecule has 0 amide bonds. The number of aliphatic hydroxyl groups excluding tert-OH is 1. The van der Waals surface area contributed by atoms with Gasteiger partial charge in [-0.3, -0.25) is 4.79 Å². The number of rotatable bonds is 13. The van der Waals surface area contributed by atoms with Crippen LogP contribution in [-0.4, -0.2) is 71.8 Å². The Morgan fingerprint density at radius 1 is 0.643 bits per heavy atom. The highest BCUT2D eigenvalue weighted by molar-refractivity contribution is 8.00. The van der Waals surface area contributed by atoms with Gasteiger partial charge in [0.25, 0.3) is 0 Å². The van der Waals surface area contributed by atoms with E-state index < -0.39 is 36.1 Å². The summed E-state index contributed by atoms with van der Waals surface area (Å²) in [5.41, 5.74) is 7.53. The van der Waals surface area contributed by atoms with Gasteiger partial charge in [0.05, 0.1) is 32.0 Å². The quantitative estimate of drug-likeness (QED) is 0.114. The number of carbonyl (C=O) groups is 1. The van der Waals surface area contributed by atoms with Gasteiger partial charge in [-0.15, -0.1) is 0 Å². The lowest BCUT2D eigenvalue weighted by molar-refractivity contribution is -0.322. The molecule has 9 nitrogen and oxygen atoms in total. The predicted molar refractivity (Wildman–Crippen MR) is 280 cm³/mol. The number of carbonyl (C=O) groups excluding carboxylic acids is 1. The zero-order chi connectivity index (χ0) is 50.2. The molecule has 0 spiro atoms. The van der Waals surface area contributed by atoms with E-state index in [1.165, 1.54) is 34.1 Å². The van der Waals surface area contributed by atoms with Crippen LogP contribution in [0.4, 0.5) is 0 Å². The third kappa shape index (κ3) is 14.1. The average molecular weight is 991 g/mol. The minimum Gasteiger partial charge on any atom is -0.463 e. The Hall–Kier alpha value is -4.01. The molecule has 0 saturated carbocycles. The standard InChI is InChI=1S/C31H36O5S.C28H38O4S/c1-20-15-16-23(31(2,3)4)17-25(20)37-30-28(33-18-21-11-7-5-8-12-21)26(32)27-24(35-30)19-34-29(36-27)22-13-9-6-10-14-22;1-18-13-14-23(28(5,6)7)15-25(18)33-27-26(31-16-22-11-9-8-10-12-22)20(3)19(2)24(32-27)17-30-21(4)29/h5-17,24,26-30,32H,18-19H2,1-4H3;8-15,19-20,24,26-27H,16-17H2,1-7H3/t24?,26-,27+,28?,29?,30-;19-,20-,24?,26?,27-/m00/s1. The fourth-order valence-corrected chi connectivity index (χ4v) is 11.4. The zero-order valence-corrected chi connectivity index (χ0v) is 44.5. The highest BCUT2D eigenvalue weighted by Gasteiger charge is 2.50. The lowest BCUT2D eigenvalue weighted by atomic mass is 9.84. The SMILES string of the molecule is CC(=O)OCC1O[C@@H](Sc2cc(C(C)(C)C)ccc2C)C(OCc2ccccc2)[C@@H](C)[C@@H]1C.Cc1ccc(C(C)(C)C)cc1S[C@@H]1OC2COC(c3ccccc3)O[C@H]2[C@H](O)C1OCc1ccccc1. The molecule has 3 aliphatic rings. The number of hydrogen-bond donors (Lipinski definition) is 1. The first kappa shape index (κ1) is 53.8. The number of fused-ring (bicyclic) bond motifs is 1. The van der Waals surface area contributed by atoms with E-state index in [1.54, 1.807) is 23.5 Å². The summed E-state index contributed by atoms with van der Waals surface area (Å²) in [6.45, 7) is 24.9. The van der Waals surface area contributed by atoms with Crippen molar-refractivity contribution in [3.8, 4) is 0 Å². The molecule has 1 N–H and O–H groups in total. The monoisotopic (exact) mass is 990 g/mol. The topological polar surface area (TPSA) is 102 Å². The van der Waals surface area contributed by atoms with E-state index in [1.807, 2.05) is 78.9 Å². The molecular formula is C59H74O9S2. The van der Waals surface area contributed by atoms with Crippen LogP contribution in [0.25, 0.3) is 0 Å². The molecule has 3 fully saturated rings. The number of ether oxygens (including phenoxy) is 7. The number of aryl methyl sites for hydroxylation is 2. The molecule has 5 aromatic rings. The van der Waals surface area contributed by atoms with E-state index in [0.29, 0.717) is 19.8 Å². The lowest BCUT2D eigenvalue weighted by Gasteiger charge is -2.47. The molecule has 3 saturated heterocycles. The number of aliphatic hydroxyl groups is 1. The van der Waals surface area contributed by atoms with Crippen molar-refractivity contribution in [1.82, 2.24) is 0 Å². The Labute approximate surface area is 425 Å². The van der Waals surface area contributed by atoms with Crippen LogP contribution < -0.4 is 0 Å². The second-order valence-electron chi connectivity index (χ2n) is 21.0. The maximum Gasteiger partial charge on any atom is 0.302 e. The highest BCUT2D eigenvalue weighted by Crippen LogP contribution is 2.44. The average Bonchev–Trinajstić information content (AvgIpc) is 3.33. The Kier molecular flexibility index (Phi) is 18.5. The van der Waals surface area contributed by atoms with Crippen LogP contribution in [0.2, 0.25) is 0 Å². The molecule has 0 radical (unpaired) electrons. The molecule has 5 unspecified atom stereocenters. The first-order valence-corrected chi connectivity index (χ1v) is 26.4. The van der Waals surface area contributed by atoms with Crippen molar-refractivity contribution in [2.75, 3.05) is 13.2 Å². The van der Waals surface area contributed by atoms with Gasteiger partial charge in [0.1, 0.15) is 41.9 Å². The van der Waals surface area contributed by atoms with Crippen LogP contribution in [0.3, 0.4) is 0 Å². The Morgan fingerprint density at radius 3 is 1.63 bits per heavy atom. The fourth-order valence-electron chi connectivity index (χ4n) is 8.76. The molecule has 11 atom stereocenters. The molecule has 0 aliphatic carbocycles. The van der Waals surface area contributed by atoms with Crippen LogP contribution in [0.15, 0.2) is 137 Å². The number of hydrogen-bond acceptors (Lipinski definition) is 11. The maximum absolute atomic E-state index is 11.6. The van der Waals surface area contributed by atoms with Gasteiger partial charge in [0.2, 0.25) is 0 Å². The van der Waals surface area contributed by atoms with Gasteiger partial charge in [0.15, 0.2) is 6.29 Å². The van der Waals surface area contributed by atoms with Gasteiger partial charge in [-0.2, -0.15) is 0 Å². The second-order valence-corrected chi connectivity index (χ2v) is 23.3. The van der Waals surface area contributed by atoms with Crippen molar-refractivity contribution in [2.45, 2.75) is 164 Å². The first-order chi connectivity index (χ1) is 33.3. The first-order valence-electron chi connectivity index (χ1n) is 24.7. The Morgan fingerprint density at radius 2 is 1.13 bits per heavy atom. The number of benzene rings is 5. The van der Waals surface area contributed by atoms with Crippen LogP contribution in [0, 0.1) is 25.7 Å². The molecule has 3 aliphatic heterocycles. The van der Waals surface area contributed by atoms with Crippen molar-refractivity contribution in [1.29, 1.82) is 0 Å². The molecule has 8 rings (SSSR count). The molecule has 3 heterocycles. The third-order valence-electron chi connectivity index (χ3n) is 13.5. The van der Waals surface area contributed by atoms with Crippen molar-refractivity contribution in [3.05, 3.63) is 166 Å². The Bertz CT molecular complexity index is 2420. The van der Waals surface area contributed by atoms with Gasteiger partial charge >= 0.3 is 5.97 Å². The lowest BCUT2D eigenvalue weighted by Crippen LogP contribution is -2.61. The summed E-state index contributed by atoms with van der Waals surface area (Å²) in [7, 11) is 0. The summed E-state index contributed by atoms with van der Waals surface area (Å²) in [6, 6.07) is 43.3. The molecule has 11 heteroatoms. The van der Waals surface area contributed by atoms with Crippen LogP contribution in [0.5, 0.6) is 0 Å². The summed E-state index contributed by atoms with van der Waals surface area (Å²) in [6.07, 6.45) is -3.21. The summed E-state index contributed by atoms with van der Waals surface area (Å²) in [5.74, 6) is 0.162. The molecule has 70 heavy (non-hydrogen) atoms. The smallest absolute Gasteiger partial charge is 0.302 e. The van der Waals surface area contributed by atoms with Gasteiger partial charge in [-0.1, -0.05) is 194 Å². The van der Waals surface area contributed by atoms with Gasteiger partial charge < -0.3 is 38.3 Å². The van der Waals surface area contributed by atoms with E-state index in [0.717, 1.165) is 21.6 Å². The third-order valence-corrected chi connectivity index (χ3v) is 16.1. The Balaban J connectivity index is 0.000000208. The van der Waals surface area contributed by atoms with E-state index in [2.05, 4.69) is 118 Å². The summed E-state index contributed by atoms with van der Waals surface area (Å²) < 4.78 is 43.6. The summed E-state index contributed by atoms with van der Waals surface area (Å²) in [5, 5.41) is 11.6. The predicted octanol–water partition coefficient (Wildman–Crippen LogP) is 12.7. The largest absolute Gasteiger partial charge is 0.463 e. The summed E-state index contributed by atoms with van der Waals surface area (Å²) in [4.78, 5) is 13.8. The van der Waals surface area contributed by atoms with Crippen molar-refractivity contribution in [2.24, 2.45) is 11.8 Å². The van der Waals surface area contributed by atoms with Gasteiger partial charge in [-0.25, -0.2) is 0 Å². The van der Waals surface area contributed by atoms with Crippen LogP contribution in [-0.2, 0) is 62.0 Å². The highest BCUT2D eigenvalue weighted by atomic mass is 32.2. The van der Waals surface area contributed by atoms with E-state index in [9.17, 15) is 9.90 Å². The number of thioether (sulfide) groups is 2. The van der Waals surface area contributed by atoms with Crippen molar-refractivity contribution >= 4 is 29.5 Å². The van der Waals surface area contributed by atoms with Gasteiger partial charge in [0, 0.05) is 22.3 Å². The minimum absolute atomic E-state index is 0.0295. The molecule has 0 aromatic heterocycles. The normalized spacial score (nSPS) is 26.9. The summed E-state index contributed by atoms with van der Waals surface area (Å²) >= 11 is 3.32.